The van der Waals surface area contributed by atoms with Gasteiger partial charge in [0.05, 0.1) is 0 Å². The van der Waals surface area contributed by atoms with E-state index >= 15 is 0 Å². The lowest BCUT2D eigenvalue weighted by Gasteiger charge is -2.37. The van der Waals surface area contributed by atoms with Crippen LogP contribution in [0.15, 0.2) is 12.2 Å². The van der Waals surface area contributed by atoms with Gasteiger partial charge in [0, 0.05) is 25.7 Å². The summed E-state index contributed by atoms with van der Waals surface area (Å²) in [5, 5.41) is 8.77. The Morgan fingerprint density at radius 2 is 2.23 bits per heavy atom. The third-order valence-electron chi connectivity index (χ3n) is 2.67. The van der Waals surface area contributed by atoms with E-state index in [0.29, 0.717) is 6.61 Å². The topological polar surface area (TPSA) is 23.5 Å². The Morgan fingerprint density at radius 3 is 2.62 bits per heavy atom. The monoisotopic (exact) mass is 183 g/mol. The quantitative estimate of drug-likeness (QED) is 0.635. The van der Waals surface area contributed by atoms with Crippen LogP contribution in [0.4, 0.5) is 0 Å². The van der Waals surface area contributed by atoms with E-state index in [9.17, 15) is 0 Å². The standard InChI is InChI=1S/C11H21NO/c1-10(2)9-12(7-4-8-13)11-5-3-6-11/h11,13H,1,3-9H2,2H3. The maximum absolute atomic E-state index is 8.77. The van der Waals surface area contributed by atoms with Gasteiger partial charge in [-0.15, -0.1) is 0 Å². The maximum Gasteiger partial charge on any atom is 0.0443 e. The third-order valence-corrected chi connectivity index (χ3v) is 2.67. The number of aliphatic hydroxyl groups is 1. The molecule has 2 nitrogen and oxygen atoms in total. The van der Waals surface area contributed by atoms with Crippen LogP contribution in [0, 0.1) is 0 Å². The first-order valence-electron chi connectivity index (χ1n) is 5.23. The summed E-state index contributed by atoms with van der Waals surface area (Å²) in [6.07, 6.45) is 4.93. The van der Waals surface area contributed by atoms with Crippen molar-refractivity contribution in [2.75, 3.05) is 19.7 Å². The second-order valence-corrected chi connectivity index (χ2v) is 4.09. The largest absolute Gasteiger partial charge is 0.396 e. The molecule has 0 aromatic rings. The normalized spacial score (nSPS) is 17.5. The predicted molar refractivity (Wildman–Crippen MR) is 55.7 cm³/mol. The van der Waals surface area contributed by atoms with Crippen LogP contribution in [0.2, 0.25) is 0 Å². The SMILES string of the molecule is C=C(C)CN(CCCO)C1CCC1. The van der Waals surface area contributed by atoms with Crippen molar-refractivity contribution in [2.45, 2.75) is 38.6 Å². The van der Waals surface area contributed by atoms with Crippen LogP contribution in [0.1, 0.15) is 32.6 Å². The van der Waals surface area contributed by atoms with Gasteiger partial charge < -0.3 is 5.11 Å². The van der Waals surface area contributed by atoms with Crippen LogP contribution in [-0.4, -0.2) is 35.7 Å². The van der Waals surface area contributed by atoms with Gasteiger partial charge in [0.15, 0.2) is 0 Å². The molecule has 1 aliphatic rings. The minimum absolute atomic E-state index is 0.305. The van der Waals surface area contributed by atoms with Gasteiger partial charge in [-0.05, 0) is 26.2 Å². The molecule has 0 aromatic carbocycles. The number of nitrogens with zero attached hydrogens (tertiary/aromatic N) is 1. The molecule has 0 amide bonds. The summed E-state index contributed by atoms with van der Waals surface area (Å²) in [4.78, 5) is 2.46. The van der Waals surface area contributed by atoms with Crippen LogP contribution in [0.3, 0.4) is 0 Å². The van der Waals surface area contributed by atoms with Crippen molar-refractivity contribution in [3.05, 3.63) is 12.2 Å². The number of hydrogen-bond acceptors (Lipinski definition) is 2. The molecule has 2 heteroatoms. The summed E-state index contributed by atoms with van der Waals surface area (Å²) < 4.78 is 0. The molecule has 1 saturated carbocycles. The zero-order chi connectivity index (χ0) is 9.68. The lowest BCUT2D eigenvalue weighted by atomic mass is 9.91. The zero-order valence-corrected chi connectivity index (χ0v) is 8.63. The van der Waals surface area contributed by atoms with Crippen molar-refractivity contribution >= 4 is 0 Å². The van der Waals surface area contributed by atoms with E-state index in [-0.39, 0.29) is 0 Å². The molecule has 0 bridgehead atoms. The Kier molecular flexibility index (Phi) is 4.46. The average molecular weight is 183 g/mol. The van der Waals surface area contributed by atoms with Crippen LogP contribution < -0.4 is 0 Å². The van der Waals surface area contributed by atoms with Gasteiger partial charge in [0.25, 0.3) is 0 Å². The Bertz CT molecular complexity index is 163. The molecule has 0 saturated heterocycles. The molecule has 1 rings (SSSR count). The van der Waals surface area contributed by atoms with Gasteiger partial charge in [0.1, 0.15) is 0 Å². The van der Waals surface area contributed by atoms with Crippen LogP contribution >= 0.6 is 0 Å². The number of hydrogen-bond donors (Lipinski definition) is 1. The fourth-order valence-electron chi connectivity index (χ4n) is 1.76. The van der Waals surface area contributed by atoms with E-state index in [1.165, 1.54) is 24.8 Å². The summed E-state index contributed by atoms with van der Waals surface area (Å²) >= 11 is 0. The summed E-state index contributed by atoms with van der Waals surface area (Å²) in [6.45, 7) is 8.35. The second kappa shape index (κ2) is 5.40. The van der Waals surface area contributed by atoms with E-state index < -0.39 is 0 Å². The molecular weight excluding hydrogens is 162 g/mol. The van der Waals surface area contributed by atoms with Crippen molar-refractivity contribution in [3.8, 4) is 0 Å². The summed E-state index contributed by atoms with van der Waals surface area (Å²) in [5.41, 5.74) is 1.23. The highest BCUT2D eigenvalue weighted by Crippen LogP contribution is 2.25. The van der Waals surface area contributed by atoms with Crippen molar-refractivity contribution in [1.82, 2.24) is 4.90 Å². The highest BCUT2D eigenvalue weighted by atomic mass is 16.3. The molecule has 0 radical (unpaired) electrons. The zero-order valence-electron chi connectivity index (χ0n) is 8.63. The van der Waals surface area contributed by atoms with Crippen molar-refractivity contribution in [2.24, 2.45) is 0 Å². The summed E-state index contributed by atoms with van der Waals surface area (Å²) in [5.74, 6) is 0. The third kappa shape index (κ3) is 3.49. The molecule has 1 N–H and O–H groups in total. The molecule has 0 aliphatic heterocycles. The van der Waals surface area contributed by atoms with Gasteiger partial charge in [-0.25, -0.2) is 0 Å². The second-order valence-electron chi connectivity index (χ2n) is 4.09. The minimum Gasteiger partial charge on any atom is -0.396 e. The van der Waals surface area contributed by atoms with Crippen molar-refractivity contribution in [1.29, 1.82) is 0 Å². The first-order chi connectivity index (χ1) is 6.24. The first-order valence-corrected chi connectivity index (χ1v) is 5.23. The Labute approximate surface area is 81.2 Å². The van der Waals surface area contributed by atoms with E-state index in [2.05, 4.69) is 18.4 Å². The Hall–Kier alpha value is -0.340. The van der Waals surface area contributed by atoms with Gasteiger partial charge in [0.2, 0.25) is 0 Å². The molecule has 1 fully saturated rings. The molecule has 0 unspecified atom stereocenters. The van der Waals surface area contributed by atoms with Crippen molar-refractivity contribution < 1.29 is 5.11 Å². The van der Waals surface area contributed by atoms with E-state index in [1.54, 1.807) is 0 Å². The lowest BCUT2D eigenvalue weighted by molar-refractivity contribution is 0.127. The van der Waals surface area contributed by atoms with E-state index in [1.807, 2.05) is 0 Å². The van der Waals surface area contributed by atoms with Gasteiger partial charge >= 0.3 is 0 Å². The molecule has 1 aliphatic carbocycles. The molecular formula is C11H21NO. The highest BCUT2D eigenvalue weighted by Gasteiger charge is 2.23. The van der Waals surface area contributed by atoms with Gasteiger partial charge in [-0.1, -0.05) is 18.6 Å². The molecule has 0 heterocycles. The van der Waals surface area contributed by atoms with Crippen LogP contribution in [0.5, 0.6) is 0 Å². The highest BCUT2D eigenvalue weighted by molar-refractivity contribution is 4.94. The molecule has 76 valence electrons. The number of aliphatic hydroxyl groups excluding tert-OH is 1. The fraction of sp³-hybridized carbons (Fsp3) is 0.818. The van der Waals surface area contributed by atoms with Crippen molar-refractivity contribution in [3.63, 3.8) is 0 Å². The maximum atomic E-state index is 8.77. The molecule has 0 spiro atoms. The fourth-order valence-corrected chi connectivity index (χ4v) is 1.76. The predicted octanol–water partition coefficient (Wildman–Crippen LogP) is 1.80. The Balaban J connectivity index is 2.28. The van der Waals surface area contributed by atoms with Crippen LogP contribution in [-0.2, 0) is 0 Å². The summed E-state index contributed by atoms with van der Waals surface area (Å²) in [6, 6.07) is 0.767. The smallest absolute Gasteiger partial charge is 0.0443 e. The van der Waals surface area contributed by atoms with Gasteiger partial charge in [-0.3, -0.25) is 4.90 Å². The first kappa shape index (κ1) is 10.7. The lowest BCUT2D eigenvalue weighted by Crippen LogP contribution is -2.41. The molecule has 13 heavy (non-hydrogen) atoms. The van der Waals surface area contributed by atoms with Crippen LogP contribution in [0.25, 0.3) is 0 Å². The molecule has 0 aromatic heterocycles. The number of rotatable bonds is 6. The average Bonchev–Trinajstić information content (AvgIpc) is 1.95. The van der Waals surface area contributed by atoms with E-state index in [4.69, 9.17) is 5.11 Å². The molecule has 0 atom stereocenters. The van der Waals surface area contributed by atoms with Gasteiger partial charge in [-0.2, -0.15) is 0 Å². The summed E-state index contributed by atoms with van der Waals surface area (Å²) in [7, 11) is 0. The van der Waals surface area contributed by atoms with E-state index in [0.717, 1.165) is 25.6 Å². The minimum atomic E-state index is 0.305. The Morgan fingerprint density at radius 1 is 1.54 bits per heavy atom.